The van der Waals surface area contributed by atoms with Crippen LogP contribution in [0.2, 0.25) is 0 Å². The molecule has 4 aromatic heterocycles. The number of hydrogen-bond donors (Lipinski definition) is 2. The molecule has 0 amide bonds. The molecule has 0 unspecified atom stereocenters. The van der Waals surface area contributed by atoms with Gasteiger partial charge in [0, 0.05) is 31.2 Å². The van der Waals surface area contributed by atoms with Gasteiger partial charge >= 0.3 is 0 Å². The molecule has 4 heterocycles. The number of allylic oxidation sites excluding steroid dienone is 1. The molecule has 0 bridgehead atoms. The van der Waals surface area contributed by atoms with Crippen molar-refractivity contribution in [3.05, 3.63) is 73.5 Å². The molecular weight excluding hydrogens is 326 g/mol. The molecule has 0 radical (unpaired) electrons. The van der Waals surface area contributed by atoms with Gasteiger partial charge < -0.3 is 10.6 Å². The van der Waals surface area contributed by atoms with Gasteiger partial charge in [-0.1, -0.05) is 6.58 Å². The molecule has 0 atom stereocenters. The summed E-state index contributed by atoms with van der Waals surface area (Å²) < 4.78 is 1.78. The second kappa shape index (κ2) is 6.64. The topological polar surface area (TPSA) is 80.0 Å². The molecule has 0 saturated carbocycles. The fraction of sp³-hybridized carbons (Fsp3) is 0.0526. The molecule has 26 heavy (non-hydrogen) atoms. The van der Waals surface area contributed by atoms with Crippen LogP contribution in [0.5, 0.6) is 0 Å². The van der Waals surface area contributed by atoms with Crippen molar-refractivity contribution in [2.45, 2.75) is 0 Å². The van der Waals surface area contributed by atoms with E-state index in [-0.39, 0.29) is 0 Å². The third-order valence-electron chi connectivity index (χ3n) is 3.92. The van der Waals surface area contributed by atoms with Crippen molar-refractivity contribution in [3.63, 3.8) is 0 Å². The van der Waals surface area contributed by atoms with Gasteiger partial charge in [0.05, 0.1) is 34.1 Å². The first kappa shape index (κ1) is 15.8. The average molecular weight is 343 g/mol. The van der Waals surface area contributed by atoms with Crippen LogP contribution in [0.1, 0.15) is 0 Å². The highest BCUT2D eigenvalue weighted by Gasteiger charge is 2.10. The molecule has 0 aliphatic heterocycles. The number of rotatable bonds is 5. The van der Waals surface area contributed by atoms with Crippen LogP contribution in [0.4, 0.5) is 5.95 Å². The van der Waals surface area contributed by atoms with Gasteiger partial charge in [0.25, 0.3) is 0 Å². The van der Waals surface area contributed by atoms with Gasteiger partial charge in [-0.05, 0) is 36.4 Å². The van der Waals surface area contributed by atoms with E-state index in [9.17, 15) is 0 Å². The number of fused-ring (bicyclic) bond motifs is 2. The molecule has 2 N–H and O–H groups in total. The maximum Gasteiger partial charge on any atom is 0.245 e. The van der Waals surface area contributed by atoms with Crippen molar-refractivity contribution < 1.29 is 0 Å². The number of pyridine rings is 2. The quantitative estimate of drug-likeness (QED) is 0.542. The molecule has 4 aromatic rings. The van der Waals surface area contributed by atoms with E-state index in [1.165, 1.54) is 0 Å². The van der Waals surface area contributed by atoms with E-state index in [4.69, 9.17) is 4.98 Å². The maximum absolute atomic E-state index is 4.70. The Morgan fingerprint density at radius 2 is 2.08 bits per heavy atom. The molecule has 0 aromatic carbocycles. The largest absolute Gasteiger partial charge is 0.392 e. The summed E-state index contributed by atoms with van der Waals surface area (Å²) in [5.74, 6) is 0.483. The van der Waals surface area contributed by atoms with Gasteiger partial charge in [-0.15, -0.1) is 5.10 Å². The third-order valence-corrected chi connectivity index (χ3v) is 3.92. The summed E-state index contributed by atoms with van der Waals surface area (Å²) in [7, 11) is 1.82. The van der Waals surface area contributed by atoms with Crippen LogP contribution < -0.4 is 10.6 Å². The molecule has 7 nitrogen and oxygen atoms in total. The van der Waals surface area contributed by atoms with Crippen LogP contribution in [0.25, 0.3) is 27.8 Å². The molecule has 0 fully saturated rings. The van der Waals surface area contributed by atoms with Gasteiger partial charge in [-0.25, -0.2) is 14.5 Å². The Kier molecular flexibility index (Phi) is 4.03. The summed E-state index contributed by atoms with van der Waals surface area (Å²) in [5, 5.41) is 10.5. The fourth-order valence-electron chi connectivity index (χ4n) is 2.71. The Bertz CT molecular complexity index is 1130. The fourth-order valence-corrected chi connectivity index (χ4v) is 2.71. The first-order chi connectivity index (χ1) is 12.8. The molecule has 7 heteroatoms. The lowest BCUT2D eigenvalue weighted by atomic mass is 10.1. The molecule has 0 saturated heterocycles. The Labute approximate surface area is 150 Å². The summed E-state index contributed by atoms with van der Waals surface area (Å²) in [6, 6.07) is 9.75. The van der Waals surface area contributed by atoms with Gasteiger partial charge in [0.2, 0.25) is 5.95 Å². The zero-order valence-electron chi connectivity index (χ0n) is 14.2. The van der Waals surface area contributed by atoms with E-state index < -0.39 is 0 Å². The zero-order valence-corrected chi connectivity index (χ0v) is 14.2. The van der Waals surface area contributed by atoms with Gasteiger partial charge in [-0.2, -0.15) is 0 Å². The molecular formula is C19H17N7. The van der Waals surface area contributed by atoms with Gasteiger partial charge in [0.15, 0.2) is 0 Å². The minimum atomic E-state index is 0.483. The normalized spacial score (nSPS) is 11.7. The van der Waals surface area contributed by atoms with E-state index in [1.807, 2.05) is 43.6 Å². The van der Waals surface area contributed by atoms with Gasteiger partial charge in [-0.3, -0.25) is 4.98 Å². The van der Waals surface area contributed by atoms with Crippen molar-refractivity contribution in [2.24, 2.45) is 0 Å². The number of nitrogens with one attached hydrogen (secondary N) is 2. The Morgan fingerprint density at radius 1 is 1.15 bits per heavy atom. The van der Waals surface area contributed by atoms with E-state index >= 15 is 0 Å². The summed E-state index contributed by atoms with van der Waals surface area (Å²) in [6.07, 6.45) is 8.91. The van der Waals surface area contributed by atoms with Crippen LogP contribution in [0.3, 0.4) is 0 Å². The molecule has 0 spiro atoms. The smallest absolute Gasteiger partial charge is 0.245 e. The van der Waals surface area contributed by atoms with Crippen LogP contribution in [0.15, 0.2) is 73.5 Å². The first-order valence-corrected chi connectivity index (χ1v) is 8.12. The zero-order chi connectivity index (χ0) is 17.9. The number of aromatic nitrogens is 5. The minimum absolute atomic E-state index is 0.483. The van der Waals surface area contributed by atoms with E-state index in [2.05, 4.69) is 32.3 Å². The first-order valence-electron chi connectivity index (χ1n) is 8.12. The number of nitrogens with zero attached hydrogens (tertiary/aromatic N) is 5. The molecule has 4 rings (SSSR count). The SMILES string of the molecule is C=C/C(=C\NC)Nc1ncc2c(-c3ccc4ncccc4n3)ccn2n1. The summed E-state index contributed by atoms with van der Waals surface area (Å²) in [4.78, 5) is 13.4. The number of hydrogen-bond acceptors (Lipinski definition) is 6. The lowest BCUT2D eigenvalue weighted by molar-refractivity contribution is 0.908. The summed E-state index contributed by atoms with van der Waals surface area (Å²) in [6.45, 7) is 3.76. The van der Waals surface area contributed by atoms with Crippen LogP contribution in [-0.2, 0) is 0 Å². The van der Waals surface area contributed by atoms with Crippen molar-refractivity contribution >= 4 is 22.5 Å². The molecule has 128 valence electrons. The lowest BCUT2D eigenvalue weighted by Gasteiger charge is -2.06. The van der Waals surface area contributed by atoms with Gasteiger partial charge in [0.1, 0.15) is 0 Å². The minimum Gasteiger partial charge on any atom is -0.392 e. The van der Waals surface area contributed by atoms with Crippen LogP contribution in [-0.4, -0.2) is 31.6 Å². The standard InChI is InChI=1S/C19H17N7/c1-3-13(11-20-2)23-19-22-12-18-14(8-10-26(18)25-19)15-6-7-16-17(24-15)5-4-9-21-16/h3-12,20H,1H2,2H3,(H,23,25)/b13-11+. The second-order valence-corrected chi connectivity index (χ2v) is 5.60. The van der Waals surface area contributed by atoms with Crippen molar-refractivity contribution in [1.82, 2.24) is 29.9 Å². The molecule has 0 aliphatic rings. The van der Waals surface area contributed by atoms with Crippen molar-refractivity contribution in [3.8, 4) is 11.3 Å². The highest BCUT2D eigenvalue weighted by molar-refractivity contribution is 5.83. The van der Waals surface area contributed by atoms with Crippen LogP contribution in [0, 0.1) is 0 Å². The second-order valence-electron chi connectivity index (χ2n) is 5.60. The molecule has 0 aliphatic carbocycles. The Hall–Kier alpha value is -3.74. The van der Waals surface area contributed by atoms with Crippen LogP contribution >= 0.6 is 0 Å². The van der Waals surface area contributed by atoms with Crippen molar-refractivity contribution in [2.75, 3.05) is 12.4 Å². The Balaban J connectivity index is 1.72. The number of anilines is 1. The lowest BCUT2D eigenvalue weighted by Crippen LogP contribution is -2.07. The van der Waals surface area contributed by atoms with E-state index in [1.54, 1.807) is 29.2 Å². The maximum atomic E-state index is 4.70. The Morgan fingerprint density at radius 3 is 2.92 bits per heavy atom. The van der Waals surface area contributed by atoms with E-state index in [0.29, 0.717) is 5.95 Å². The predicted molar refractivity (Wildman–Crippen MR) is 102 cm³/mol. The van der Waals surface area contributed by atoms with E-state index in [0.717, 1.165) is 33.5 Å². The third kappa shape index (κ3) is 2.86. The summed E-state index contributed by atoms with van der Waals surface area (Å²) in [5.41, 5.74) is 5.22. The predicted octanol–water partition coefficient (Wildman–Crippen LogP) is 3.00. The summed E-state index contributed by atoms with van der Waals surface area (Å²) >= 11 is 0. The average Bonchev–Trinajstić information content (AvgIpc) is 3.10. The van der Waals surface area contributed by atoms with Crippen molar-refractivity contribution in [1.29, 1.82) is 0 Å². The highest BCUT2D eigenvalue weighted by Crippen LogP contribution is 2.25. The monoisotopic (exact) mass is 343 g/mol. The highest BCUT2D eigenvalue weighted by atomic mass is 15.3.